The maximum atomic E-state index is 13.6. The molecule has 10 atom stereocenters. The van der Waals surface area contributed by atoms with Crippen molar-refractivity contribution in [2.24, 2.45) is 5.11 Å². The van der Waals surface area contributed by atoms with Crippen molar-refractivity contribution in [3.63, 3.8) is 0 Å². The first-order valence-electron chi connectivity index (χ1n) is 16.7. The Balaban J connectivity index is 1.37. The summed E-state index contributed by atoms with van der Waals surface area (Å²) in [5, 5.41) is 3.95. The Hall–Kier alpha value is -4.86. The molecule has 3 saturated heterocycles. The molecule has 3 aliphatic rings. The molecule has 274 valence electrons. The standard InChI is InChI=1S/C37H39N3O12/c1-21-27(30-31(36(44-4)46-21)52-37(2,3)51-30)50-35-26(39-40-38)29(49-34(43)24-18-12-7-13-19-24)28(48-33(42)23-16-10-6-11-17-23)25(47-35)20-45-32(41)22-14-8-5-9-15-22/h5-19,21,25-31,35-36H,20H2,1-4H3/t21-,25+,26+,27-,28-,29+,30+,31+,35-,36+/m0/s1. The van der Waals surface area contributed by atoms with Crippen LogP contribution in [-0.2, 0) is 42.6 Å². The first kappa shape index (κ1) is 36.9. The van der Waals surface area contributed by atoms with Gasteiger partial charge in [-0.2, -0.15) is 0 Å². The molecule has 0 bridgehead atoms. The lowest BCUT2D eigenvalue weighted by Gasteiger charge is -2.47. The molecule has 3 aromatic rings. The van der Waals surface area contributed by atoms with E-state index >= 15 is 0 Å². The molecule has 0 aromatic heterocycles. The second kappa shape index (κ2) is 16.2. The zero-order valence-corrected chi connectivity index (χ0v) is 28.9. The molecule has 15 nitrogen and oxygen atoms in total. The summed E-state index contributed by atoms with van der Waals surface area (Å²) in [7, 11) is 1.48. The molecular formula is C37H39N3O12. The minimum atomic E-state index is -1.50. The molecule has 3 fully saturated rings. The number of hydrogen-bond acceptors (Lipinski definition) is 13. The summed E-state index contributed by atoms with van der Waals surface area (Å²) >= 11 is 0. The van der Waals surface area contributed by atoms with Crippen LogP contribution >= 0.6 is 0 Å². The van der Waals surface area contributed by atoms with Gasteiger partial charge in [0.05, 0.1) is 22.8 Å². The molecule has 0 N–H and O–H groups in total. The smallest absolute Gasteiger partial charge is 0.338 e. The van der Waals surface area contributed by atoms with E-state index in [0.29, 0.717) is 0 Å². The van der Waals surface area contributed by atoms with Crippen LogP contribution in [0.4, 0.5) is 0 Å². The van der Waals surface area contributed by atoms with Crippen LogP contribution in [0, 0.1) is 0 Å². The molecule has 3 aromatic carbocycles. The van der Waals surface area contributed by atoms with Crippen molar-refractivity contribution in [1.82, 2.24) is 0 Å². The number of hydrogen-bond donors (Lipinski definition) is 0. The van der Waals surface area contributed by atoms with Crippen LogP contribution in [0.15, 0.2) is 96.1 Å². The van der Waals surface area contributed by atoms with E-state index in [1.165, 1.54) is 31.4 Å². The van der Waals surface area contributed by atoms with Gasteiger partial charge in [0.1, 0.15) is 37.1 Å². The topological polar surface area (TPSA) is 183 Å². The van der Waals surface area contributed by atoms with Gasteiger partial charge in [-0.05, 0) is 62.7 Å². The summed E-state index contributed by atoms with van der Waals surface area (Å²) in [5.41, 5.74) is 10.4. The maximum absolute atomic E-state index is 13.6. The maximum Gasteiger partial charge on any atom is 0.338 e. The van der Waals surface area contributed by atoms with Gasteiger partial charge in [0.2, 0.25) is 0 Å². The van der Waals surface area contributed by atoms with Gasteiger partial charge in [-0.1, -0.05) is 59.7 Å². The number of ether oxygens (including phenoxy) is 9. The highest BCUT2D eigenvalue weighted by molar-refractivity contribution is 5.91. The first-order valence-corrected chi connectivity index (χ1v) is 16.7. The average Bonchev–Trinajstić information content (AvgIpc) is 3.49. The van der Waals surface area contributed by atoms with E-state index in [9.17, 15) is 19.9 Å². The van der Waals surface area contributed by atoms with Crippen LogP contribution in [0.2, 0.25) is 0 Å². The van der Waals surface area contributed by atoms with Crippen molar-refractivity contribution in [1.29, 1.82) is 0 Å². The molecule has 0 saturated carbocycles. The van der Waals surface area contributed by atoms with Gasteiger partial charge in [0.25, 0.3) is 0 Å². The van der Waals surface area contributed by atoms with Crippen LogP contribution in [0.25, 0.3) is 10.4 Å². The number of fused-ring (bicyclic) bond motifs is 1. The summed E-state index contributed by atoms with van der Waals surface area (Å²) in [6, 6.07) is 23.0. The number of carbonyl (C=O) groups excluding carboxylic acids is 3. The highest BCUT2D eigenvalue weighted by atomic mass is 16.8. The SMILES string of the molecule is CO[C@@H]1O[C@@H](C)[C@H](O[C@@H]2O[C@H](COC(=O)c3ccccc3)[C@H](OC(=O)c3ccccc3)[C@H](OC(=O)c3ccccc3)[C@H]2N=[N+]=[N-])[C@H]2OC(C)(C)O[C@@H]12. The number of nitrogens with zero attached hydrogens (tertiary/aromatic N) is 3. The summed E-state index contributed by atoms with van der Waals surface area (Å²) in [6.07, 6.45) is -9.56. The van der Waals surface area contributed by atoms with Crippen LogP contribution in [-0.4, -0.2) is 98.8 Å². The van der Waals surface area contributed by atoms with E-state index in [1.807, 2.05) is 0 Å². The molecule has 6 rings (SSSR count). The summed E-state index contributed by atoms with van der Waals surface area (Å²) in [5.74, 6) is -3.32. The van der Waals surface area contributed by atoms with Crippen LogP contribution < -0.4 is 0 Å². The zero-order valence-electron chi connectivity index (χ0n) is 28.9. The second-order valence-corrected chi connectivity index (χ2v) is 12.8. The Morgan fingerprint density at radius 2 is 1.25 bits per heavy atom. The minimum absolute atomic E-state index is 0.174. The fourth-order valence-electron chi connectivity index (χ4n) is 6.39. The van der Waals surface area contributed by atoms with Gasteiger partial charge in [-0.25, -0.2) is 14.4 Å². The summed E-state index contributed by atoms with van der Waals surface area (Å²) in [6.45, 7) is 4.73. The summed E-state index contributed by atoms with van der Waals surface area (Å²) < 4.78 is 54.6. The number of azide groups is 1. The molecule has 3 heterocycles. The van der Waals surface area contributed by atoms with Crippen LogP contribution in [0.1, 0.15) is 51.8 Å². The lowest BCUT2D eigenvalue weighted by Crippen LogP contribution is -2.64. The Bertz CT molecular complexity index is 1740. The lowest BCUT2D eigenvalue weighted by atomic mass is 9.95. The van der Waals surface area contributed by atoms with Crippen LogP contribution in [0.3, 0.4) is 0 Å². The predicted molar refractivity (Wildman–Crippen MR) is 180 cm³/mol. The lowest BCUT2D eigenvalue weighted by molar-refractivity contribution is -0.323. The molecule has 0 spiro atoms. The minimum Gasteiger partial charge on any atom is -0.459 e. The van der Waals surface area contributed by atoms with Gasteiger partial charge in [-0.15, -0.1) is 0 Å². The van der Waals surface area contributed by atoms with Crippen molar-refractivity contribution in [2.75, 3.05) is 13.7 Å². The number of carbonyl (C=O) groups is 3. The molecule has 52 heavy (non-hydrogen) atoms. The van der Waals surface area contributed by atoms with E-state index < -0.39 is 91.7 Å². The third-order valence-corrected chi connectivity index (χ3v) is 8.78. The highest BCUT2D eigenvalue weighted by Gasteiger charge is 2.58. The Kier molecular flexibility index (Phi) is 11.5. The van der Waals surface area contributed by atoms with Crippen molar-refractivity contribution in [2.45, 2.75) is 87.9 Å². The molecule has 0 aliphatic carbocycles. The monoisotopic (exact) mass is 717 g/mol. The molecule has 15 heteroatoms. The number of rotatable bonds is 11. The number of benzene rings is 3. The fourth-order valence-corrected chi connectivity index (χ4v) is 6.39. The van der Waals surface area contributed by atoms with Gasteiger partial charge in [0.15, 0.2) is 30.6 Å². The first-order chi connectivity index (χ1) is 25.1. The Labute approximate surface area is 299 Å². The predicted octanol–water partition coefficient (Wildman–Crippen LogP) is 4.99. The summed E-state index contributed by atoms with van der Waals surface area (Å²) in [4.78, 5) is 43.3. The van der Waals surface area contributed by atoms with Gasteiger partial charge in [0, 0.05) is 12.0 Å². The van der Waals surface area contributed by atoms with Crippen molar-refractivity contribution in [3.05, 3.63) is 118 Å². The van der Waals surface area contributed by atoms with Gasteiger partial charge in [-0.3, -0.25) is 0 Å². The van der Waals surface area contributed by atoms with E-state index in [0.717, 1.165) is 0 Å². The van der Waals surface area contributed by atoms with Gasteiger partial charge < -0.3 is 42.6 Å². The largest absolute Gasteiger partial charge is 0.459 e. The molecular weight excluding hydrogens is 678 g/mol. The third-order valence-electron chi connectivity index (χ3n) is 8.78. The molecule has 0 amide bonds. The quantitative estimate of drug-likeness (QED) is 0.0853. The molecule has 3 aliphatic heterocycles. The van der Waals surface area contributed by atoms with Crippen LogP contribution in [0.5, 0.6) is 0 Å². The Morgan fingerprint density at radius 1 is 0.731 bits per heavy atom. The van der Waals surface area contributed by atoms with Crippen molar-refractivity contribution >= 4 is 17.9 Å². The third kappa shape index (κ3) is 8.27. The van der Waals surface area contributed by atoms with Crippen molar-refractivity contribution < 1.29 is 57.0 Å². The average molecular weight is 718 g/mol. The molecule has 0 unspecified atom stereocenters. The normalized spacial score (nSPS) is 30.6. The zero-order chi connectivity index (χ0) is 36.8. The highest BCUT2D eigenvalue weighted by Crippen LogP contribution is 2.41. The van der Waals surface area contributed by atoms with E-state index in [-0.39, 0.29) is 16.7 Å². The second-order valence-electron chi connectivity index (χ2n) is 12.8. The van der Waals surface area contributed by atoms with E-state index in [2.05, 4.69) is 10.0 Å². The Morgan fingerprint density at radius 3 is 1.79 bits per heavy atom. The van der Waals surface area contributed by atoms with E-state index in [1.54, 1.807) is 87.5 Å². The van der Waals surface area contributed by atoms with Crippen molar-refractivity contribution in [3.8, 4) is 0 Å². The number of esters is 3. The number of methoxy groups -OCH3 is 1. The molecule has 0 radical (unpaired) electrons. The van der Waals surface area contributed by atoms with E-state index in [4.69, 9.17) is 42.6 Å². The van der Waals surface area contributed by atoms with Gasteiger partial charge >= 0.3 is 17.9 Å². The fraction of sp³-hybridized carbons (Fsp3) is 0.432.